The van der Waals surface area contributed by atoms with Crippen LogP contribution in [0.1, 0.15) is 125 Å². The van der Waals surface area contributed by atoms with E-state index in [9.17, 15) is 28.8 Å². The summed E-state index contributed by atoms with van der Waals surface area (Å²) in [5.74, 6) is -1.42. The van der Waals surface area contributed by atoms with Crippen LogP contribution in [-0.4, -0.2) is 131 Å². The molecule has 0 spiro atoms. The standard InChI is InChI=1S/C33H37N2O5.C30H30N2O5.C3H8O.CH4.BrH/c1-23(2)39-32(37)27-15-13-24(14-16-27)29(36)21-35-19-17-25(18-20-35)30(22-35)40-33(38)31(26-9-5-3-6-10-26)34-28-11-7-4-8-12-28;33-26(21-11-13-24(14-12-21)29(34)35)19-32-17-15-22(16-18-32)27(20-32)37-30(36)28(23-7-3-1-4-8-23)31-25-9-5-2-6-10-25;1-3(2)4;;/h3-16,23,25,30-31,34H,17-22H2,1-2H3;1-14,22,27-28,31H,15-20H2;3-4H,1-2H3;1H4;1H/q+1;;;;/t25?,30-,31+,35?;22?,27-,28+,32?;;;/m00.../s1. The molecule has 0 saturated carbocycles. The number of hydrogen-bond acceptors (Lipinski definition) is 12. The number of carboxylic acids is 1. The van der Waals surface area contributed by atoms with E-state index in [0.29, 0.717) is 63.7 Å². The lowest BCUT2D eigenvalue weighted by Crippen LogP contribution is -3.00. The molecule has 0 radical (unpaired) electrons. The number of quaternary nitrogens is 2. The SMILES string of the molecule is C.CC(C)O.CC(C)OC(=O)c1ccc(C(=O)C[N+]23CCC(CC2)[C@@H](OC(=O)[C@H](Nc2ccccc2)c2ccccc2)C3)cc1.O=C(O)c1ccc(C(=O)C[N+]23CCC(CC2)[C@@H](OC(=O)[C@H](Nc2ccccc2)c2ccccc2)C3)cc1.[Br-]. The highest BCUT2D eigenvalue weighted by Crippen LogP contribution is 2.39. The largest absolute Gasteiger partial charge is 1.00 e. The quantitative estimate of drug-likeness (QED) is 0.0264. The van der Waals surface area contributed by atoms with Crippen molar-refractivity contribution < 1.29 is 79.1 Å². The normalized spacial score (nSPS) is 21.5. The van der Waals surface area contributed by atoms with Crippen molar-refractivity contribution in [3.8, 4) is 0 Å². The average Bonchev–Trinajstić information content (AvgIpc) is 3.19. The van der Waals surface area contributed by atoms with Crippen molar-refractivity contribution in [3.63, 3.8) is 0 Å². The molecule has 0 unspecified atom stereocenters. The van der Waals surface area contributed by atoms with Gasteiger partial charge in [-0.1, -0.05) is 129 Å². The van der Waals surface area contributed by atoms with Gasteiger partial charge in [0.05, 0.1) is 43.4 Å². The van der Waals surface area contributed by atoms with E-state index in [1.165, 1.54) is 12.1 Å². The number of nitrogens with one attached hydrogen (secondary N) is 2. The fourth-order valence-electron chi connectivity index (χ4n) is 11.5. The second-order valence-corrected chi connectivity index (χ2v) is 22.4. The summed E-state index contributed by atoms with van der Waals surface area (Å²) in [6, 6.07) is 50.0. The highest BCUT2D eigenvalue weighted by atomic mass is 79.9. The number of carboxylic acid groups (broad SMARTS) is 1. The van der Waals surface area contributed by atoms with Crippen LogP contribution in [0.25, 0.3) is 0 Å². The number of anilines is 2. The van der Waals surface area contributed by atoms with Gasteiger partial charge in [0.2, 0.25) is 11.6 Å². The van der Waals surface area contributed by atoms with Gasteiger partial charge in [-0.3, -0.25) is 9.59 Å². The molecule has 4 N–H and O–H groups in total. The summed E-state index contributed by atoms with van der Waals surface area (Å²) in [5.41, 5.74) is 5.04. The van der Waals surface area contributed by atoms with Crippen molar-refractivity contribution in [2.24, 2.45) is 11.8 Å². The summed E-state index contributed by atoms with van der Waals surface area (Å²) >= 11 is 0. The minimum Gasteiger partial charge on any atom is -1.00 e. The van der Waals surface area contributed by atoms with E-state index in [1.807, 2.05) is 121 Å². The van der Waals surface area contributed by atoms with Crippen molar-refractivity contribution >= 4 is 46.8 Å². The topological polar surface area (TPSA) is 195 Å². The van der Waals surface area contributed by atoms with Crippen LogP contribution in [0.4, 0.5) is 11.4 Å². The molecule has 12 rings (SSSR count). The highest BCUT2D eigenvalue weighted by Gasteiger charge is 2.50. The van der Waals surface area contributed by atoms with E-state index >= 15 is 0 Å². The van der Waals surface area contributed by atoms with Gasteiger partial charge < -0.3 is 61.0 Å². The molecule has 4 atom stereocenters. The Morgan fingerprint density at radius 2 is 0.807 bits per heavy atom. The molecule has 6 heterocycles. The molecule has 16 heteroatoms. The Bertz CT molecular complexity index is 3040. The van der Waals surface area contributed by atoms with E-state index in [-0.39, 0.29) is 77.9 Å². The minimum atomic E-state index is -1.01. The molecule has 6 aliphatic heterocycles. The van der Waals surface area contributed by atoms with Crippen LogP contribution in [0, 0.1) is 11.8 Å². The number of carbonyl (C=O) groups excluding carboxylic acids is 5. The van der Waals surface area contributed by atoms with Crippen molar-refractivity contribution in [3.05, 3.63) is 203 Å². The van der Waals surface area contributed by atoms with Crippen molar-refractivity contribution in [2.75, 3.05) is 63.0 Å². The Balaban J connectivity index is 0.000000245. The van der Waals surface area contributed by atoms with Crippen molar-refractivity contribution in [1.29, 1.82) is 0 Å². The van der Waals surface area contributed by atoms with Crippen molar-refractivity contribution in [2.45, 2.75) is 97.3 Å². The molecule has 6 aromatic carbocycles. The van der Waals surface area contributed by atoms with E-state index in [1.54, 1.807) is 64.1 Å². The van der Waals surface area contributed by atoms with Gasteiger partial charge in [-0.2, -0.15) is 0 Å². The average molecular weight is 1200 g/mol. The molecule has 6 fully saturated rings. The number of ketones is 2. The number of hydrogen-bond donors (Lipinski definition) is 4. The number of benzene rings is 6. The molecule has 4 bridgehead atoms. The predicted octanol–water partition coefficient (Wildman–Crippen LogP) is 8.04. The van der Waals surface area contributed by atoms with Gasteiger partial charge in [0, 0.05) is 66.1 Å². The Hall–Kier alpha value is -7.50. The monoisotopic (exact) mass is 1200 g/mol. The molecular formula is C67H80BrN4O11+. The maximum Gasteiger partial charge on any atom is 0.338 e. The summed E-state index contributed by atoms with van der Waals surface area (Å²) < 4.78 is 18.9. The molecule has 0 amide bonds. The number of fused-ring (bicyclic) bond motifs is 6. The van der Waals surface area contributed by atoms with Gasteiger partial charge in [0.15, 0.2) is 24.3 Å². The molecule has 6 aliphatic rings. The third-order valence-corrected chi connectivity index (χ3v) is 15.7. The second kappa shape index (κ2) is 30.2. The molecule has 15 nitrogen and oxygen atoms in total. The van der Waals surface area contributed by atoms with Crippen LogP contribution >= 0.6 is 0 Å². The molecule has 0 aliphatic carbocycles. The number of Topliss-reactive ketones (excluding diaryl/α,β-unsaturated/α-hetero) is 2. The highest BCUT2D eigenvalue weighted by molar-refractivity contribution is 5.99. The van der Waals surface area contributed by atoms with Crippen LogP contribution in [-0.2, 0) is 23.8 Å². The first-order chi connectivity index (χ1) is 39.0. The van der Waals surface area contributed by atoms with Gasteiger partial charge in [-0.15, -0.1) is 0 Å². The Morgan fingerprint density at radius 1 is 0.494 bits per heavy atom. The Kier molecular flexibility index (Phi) is 23.5. The molecule has 6 saturated heterocycles. The van der Waals surface area contributed by atoms with E-state index in [2.05, 4.69) is 10.6 Å². The lowest BCUT2D eigenvalue weighted by atomic mass is 9.82. The number of para-hydroxylation sites is 2. The summed E-state index contributed by atoms with van der Waals surface area (Å²) in [6.07, 6.45) is 2.81. The molecule has 440 valence electrons. The van der Waals surface area contributed by atoms with Crippen LogP contribution in [0.2, 0.25) is 0 Å². The number of ether oxygens (including phenoxy) is 3. The fraction of sp³-hybridized carbons (Fsp3) is 0.373. The van der Waals surface area contributed by atoms with E-state index in [4.69, 9.17) is 24.4 Å². The van der Waals surface area contributed by atoms with E-state index < -0.39 is 24.0 Å². The number of esters is 3. The van der Waals surface area contributed by atoms with Crippen LogP contribution in [0.5, 0.6) is 0 Å². The summed E-state index contributed by atoms with van der Waals surface area (Å²) in [4.78, 5) is 76.9. The fourth-order valence-corrected chi connectivity index (χ4v) is 11.5. The number of piperidine rings is 6. The summed E-state index contributed by atoms with van der Waals surface area (Å²) in [7, 11) is 0. The third kappa shape index (κ3) is 17.8. The molecule has 6 aromatic rings. The zero-order valence-corrected chi connectivity index (χ0v) is 48.7. The Morgan fingerprint density at radius 3 is 1.13 bits per heavy atom. The predicted molar refractivity (Wildman–Crippen MR) is 316 cm³/mol. The summed E-state index contributed by atoms with van der Waals surface area (Å²) in [5, 5.41) is 23.9. The van der Waals surface area contributed by atoms with Crippen LogP contribution in [0.3, 0.4) is 0 Å². The first-order valence-corrected chi connectivity index (χ1v) is 28.2. The van der Waals surface area contributed by atoms with Gasteiger partial charge >= 0.3 is 23.9 Å². The smallest absolute Gasteiger partial charge is 0.338 e. The Labute approximate surface area is 498 Å². The number of nitrogens with zero attached hydrogens (tertiary/aromatic N) is 2. The number of aromatic carboxylic acids is 1. The summed E-state index contributed by atoms with van der Waals surface area (Å²) in [6.45, 7) is 12.5. The zero-order valence-electron chi connectivity index (χ0n) is 47.1. The lowest BCUT2D eigenvalue weighted by Gasteiger charge is -2.51. The van der Waals surface area contributed by atoms with Crippen LogP contribution in [0.15, 0.2) is 170 Å². The number of aliphatic hydroxyl groups is 1. The third-order valence-electron chi connectivity index (χ3n) is 15.7. The lowest BCUT2D eigenvalue weighted by molar-refractivity contribution is -0.938. The van der Waals surface area contributed by atoms with Gasteiger partial charge in [0.1, 0.15) is 26.2 Å². The minimum absolute atomic E-state index is 0. The maximum atomic E-state index is 13.6. The molecular weight excluding hydrogens is 1120 g/mol. The van der Waals surface area contributed by atoms with E-state index in [0.717, 1.165) is 74.4 Å². The van der Waals surface area contributed by atoms with Gasteiger partial charge in [0.25, 0.3) is 0 Å². The maximum absolute atomic E-state index is 13.6. The van der Waals surface area contributed by atoms with Gasteiger partial charge in [-0.05, 0) is 87.4 Å². The number of carbonyl (C=O) groups is 6. The zero-order chi connectivity index (χ0) is 57.5. The first-order valence-electron chi connectivity index (χ1n) is 28.2. The first kappa shape index (κ1) is 64.7. The number of rotatable bonds is 19. The van der Waals surface area contributed by atoms with Gasteiger partial charge in [-0.25, -0.2) is 19.2 Å². The molecule has 83 heavy (non-hydrogen) atoms. The second-order valence-electron chi connectivity index (χ2n) is 22.4. The van der Waals surface area contributed by atoms with Crippen molar-refractivity contribution in [1.82, 2.24) is 0 Å². The van der Waals surface area contributed by atoms with Crippen LogP contribution < -0.4 is 27.6 Å². The molecule has 0 aromatic heterocycles. The number of halogens is 1. The number of aliphatic hydroxyl groups excluding tert-OH is 1.